The molecule has 2 saturated heterocycles. The van der Waals surface area contributed by atoms with Crippen LogP contribution < -0.4 is 0 Å². The van der Waals surface area contributed by atoms with E-state index in [-0.39, 0.29) is 24.4 Å². The Balaban J connectivity index is 1.53. The van der Waals surface area contributed by atoms with Gasteiger partial charge in [0.25, 0.3) is 5.91 Å². The molecule has 25 heavy (non-hydrogen) atoms. The maximum Gasteiger partial charge on any atom is 0.270 e. The molecule has 4 nitrogen and oxygen atoms in total. The SMILES string of the molecule is O=C(c1ccc[nH]1)N1[C@H]2CC[C@H]1CC(O)(Cc1ccc(F)cc1F)C2. The number of amides is 1. The van der Waals surface area contributed by atoms with Crippen molar-refractivity contribution in [1.29, 1.82) is 0 Å². The Labute approximate surface area is 144 Å². The summed E-state index contributed by atoms with van der Waals surface area (Å²) in [7, 11) is 0. The summed E-state index contributed by atoms with van der Waals surface area (Å²) >= 11 is 0. The number of aromatic amines is 1. The van der Waals surface area contributed by atoms with Gasteiger partial charge in [0, 0.05) is 30.8 Å². The van der Waals surface area contributed by atoms with Gasteiger partial charge in [0.05, 0.1) is 5.60 Å². The summed E-state index contributed by atoms with van der Waals surface area (Å²) in [4.78, 5) is 17.5. The molecule has 2 N–H and O–H groups in total. The highest BCUT2D eigenvalue weighted by Gasteiger charge is 2.49. The number of benzene rings is 1. The van der Waals surface area contributed by atoms with Crippen molar-refractivity contribution in [3.8, 4) is 0 Å². The number of nitrogens with one attached hydrogen (secondary N) is 1. The van der Waals surface area contributed by atoms with Gasteiger partial charge in [-0.3, -0.25) is 4.79 Å². The van der Waals surface area contributed by atoms with Crippen molar-refractivity contribution in [2.45, 2.75) is 49.8 Å². The van der Waals surface area contributed by atoms with Crippen LogP contribution >= 0.6 is 0 Å². The van der Waals surface area contributed by atoms with Crippen molar-refractivity contribution >= 4 is 5.91 Å². The van der Waals surface area contributed by atoms with Gasteiger partial charge in [0.1, 0.15) is 17.3 Å². The van der Waals surface area contributed by atoms with Crippen LogP contribution in [0.4, 0.5) is 8.78 Å². The molecule has 1 amide bonds. The molecule has 2 aliphatic heterocycles. The second kappa shape index (κ2) is 5.95. The van der Waals surface area contributed by atoms with Crippen LogP contribution in [0.2, 0.25) is 0 Å². The lowest BCUT2D eigenvalue weighted by atomic mass is 9.81. The average molecular weight is 346 g/mol. The van der Waals surface area contributed by atoms with E-state index < -0.39 is 17.2 Å². The van der Waals surface area contributed by atoms with E-state index in [1.807, 2.05) is 4.90 Å². The summed E-state index contributed by atoms with van der Waals surface area (Å²) < 4.78 is 27.0. The van der Waals surface area contributed by atoms with Crippen LogP contribution in [0.25, 0.3) is 0 Å². The fraction of sp³-hybridized carbons (Fsp3) is 0.421. The number of carbonyl (C=O) groups is 1. The smallest absolute Gasteiger partial charge is 0.270 e. The van der Waals surface area contributed by atoms with Crippen LogP contribution in [0.1, 0.15) is 41.7 Å². The van der Waals surface area contributed by atoms with Crippen molar-refractivity contribution in [3.63, 3.8) is 0 Å². The van der Waals surface area contributed by atoms with Crippen LogP contribution in [0, 0.1) is 11.6 Å². The number of hydrogen-bond donors (Lipinski definition) is 2. The number of halogens is 2. The van der Waals surface area contributed by atoms with Crippen molar-refractivity contribution in [3.05, 3.63) is 59.4 Å². The number of fused-ring (bicyclic) bond motifs is 2. The van der Waals surface area contributed by atoms with Gasteiger partial charge in [-0.15, -0.1) is 0 Å². The first-order valence-electron chi connectivity index (χ1n) is 8.57. The molecule has 2 fully saturated rings. The molecule has 6 heteroatoms. The largest absolute Gasteiger partial charge is 0.389 e. The second-order valence-corrected chi connectivity index (χ2v) is 7.23. The molecule has 3 heterocycles. The molecule has 0 radical (unpaired) electrons. The number of carbonyl (C=O) groups excluding carboxylic acids is 1. The minimum absolute atomic E-state index is 0.0486. The van der Waals surface area contributed by atoms with Crippen LogP contribution in [-0.2, 0) is 6.42 Å². The van der Waals surface area contributed by atoms with Gasteiger partial charge < -0.3 is 15.0 Å². The predicted molar refractivity (Wildman–Crippen MR) is 88.0 cm³/mol. The van der Waals surface area contributed by atoms with E-state index in [0.29, 0.717) is 24.1 Å². The number of rotatable bonds is 3. The zero-order valence-corrected chi connectivity index (χ0v) is 13.7. The maximum atomic E-state index is 14.0. The van der Waals surface area contributed by atoms with E-state index in [9.17, 15) is 18.7 Å². The van der Waals surface area contributed by atoms with E-state index in [0.717, 1.165) is 18.9 Å². The summed E-state index contributed by atoms with van der Waals surface area (Å²) in [5.41, 5.74) is -0.212. The Morgan fingerprint density at radius 1 is 1.24 bits per heavy atom. The molecular formula is C19H20F2N2O2. The van der Waals surface area contributed by atoms with Gasteiger partial charge in [-0.1, -0.05) is 6.07 Å². The standard InChI is InChI=1S/C19H20F2N2O2/c20-13-4-3-12(16(21)8-13)9-19(25)10-14-5-6-15(11-19)23(14)18(24)17-2-1-7-22-17/h1-4,7-8,14-15,22,25H,5-6,9-11H2/t14-,15-/m0/s1. The third-order valence-electron chi connectivity index (χ3n) is 5.45. The molecule has 0 aliphatic carbocycles. The minimum atomic E-state index is -1.07. The van der Waals surface area contributed by atoms with Crippen LogP contribution in [0.3, 0.4) is 0 Å². The minimum Gasteiger partial charge on any atom is -0.389 e. The summed E-state index contributed by atoms with van der Waals surface area (Å²) in [6.45, 7) is 0. The van der Waals surface area contributed by atoms with Crippen molar-refractivity contribution in [2.75, 3.05) is 0 Å². The Morgan fingerprint density at radius 3 is 2.56 bits per heavy atom. The number of aliphatic hydroxyl groups is 1. The van der Waals surface area contributed by atoms with Crippen LogP contribution in [0.5, 0.6) is 0 Å². The lowest BCUT2D eigenvalue weighted by Gasteiger charge is -2.44. The molecular weight excluding hydrogens is 326 g/mol. The van der Waals surface area contributed by atoms with Gasteiger partial charge in [-0.05, 0) is 49.4 Å². The van der Waals surface area contributed by atoms with Crippen molar-refractivity contribution < 1.29 is 18.7 Å². The molecule has 2 atom stereocenters. The summed E-state index contributed by atoms with van der Waals surface area (Å²) in [6.07, 6.45) is 4.35. The first kappa shape index (κ1) is 16.3. The zero-order chi connectivity index (χ0) is 17.6. The third kappa shape index (κ3) is 2.95. The molecule has 0 spiro atoms. The van der Waals surface area contributed by atoms with Crippen LogP contribution in [-0.4, -0.2) is 38.6 Å². The summed E-state index contributed by atoms with van der Waals surface area (Å²) in [6, 6.07) is 6.87. The predicted octanol–water partition coefficient (Wildman–Crippen LogP) is 3.03. The van der Waals surface area contributed by atoms with E-state index in [1.165, 1.54) is 12.1 Å². The van der Waals surface area contributed by atoms with Gasteiger partial charge in [-0.25, -0.2) is 8.78 Å². The number of aromatic nitrogens is 1. The molecule has 2 aromatic rings. The van der Waals surface area contributed by atoms with Crippen molar-refractivity contribution in [2.24, 2.45) is 0 Å². The fourth-order valence-corrected chi connectivity index (χ4v) is 4.42. The molecule has 4 rings (SSSR count). The van der Waals surface area contributed by atoms with E-state index in [1.54, 1.807) is 18.3 Å². The topological polar surface area (TPSA) is 56.3 Å². The average Bonchev–Trinajstić information content (AvgIpc) is 3.17. The Morgan fingerprint density at radius 2 is 1.96 bits per heavy atom. The molecule has 1 aromatic heterocycles. The van der Waals surface area contributed by atoms with Gasteiger partial charge in [-0.2, -0.15) is 0 Å². The Kier molecular flexibility index (Phi) is 3.87. The first-order chi connectivity index (χ1) is 12.0. The lowest BCUT2D eigenvalue weighted by Crippen LogP contribution is -2.54. The molecule has 132 valence electrons. The maximum absolute atomic E-state index is 14.0. The molecule has 2 bridgehead atoms. The van der Waals surface area contributed by atoms with Gasteiger partial charge in [0.15, 0.2) is 0 Å². The monoisotopic (exact) mass is 346 g/mol. The zero-order valence-electron chi connectivity index (χ0n) is 13.7. The Bertz CT molecular complexity index is 777. The number of nitrogens with zero attached hydrogens (tertiary/aromatic N) is 1. The number of H-pyrrole nitrogens is 1. The number of hydrogen-bond acceptors (Lipinski definition) is 2. The third-order valence-corrected chi connectivity index (χ3v) is 5.45. The van der Waals surface area contributed by atoms with E-state index in [4.69, 9.17) is 0 Å². The summed E-state index contributed by atoms with van der Waals surface area (Å²) in [5, 5.41) is 11.0. The quantitative estimate of drug-likeness (QED) is 0.898. The molecule has 2 aliphatic rings. The van der Waals surface area contributed by atoms with Gasteiger partial charge in [0.2, 0.25) is 0 Å². The van der Waals surface area contributed by atoms with Gasteiger partial charge >= 0.3 is 0 Å². The molecule has 0 saturated carbocycles. The fourth-order valence-electron chi connectivity index (χ4n) is 4.42. The van der Waals surface area contributed by atoms with E-state index >= 15 is 0 Å². The first-order valence-corrected chi connectivity index (χ1v) is 8.57. The Hall–Kier alpha value is -2.21. The number of piperidine rings is 1. The lowest BCUT2D eigenvalue weighted by molar-refractivity contribution is -0.0433. The van der Waals surface area contributed by atoms with E-state index in [2.05, 4.69) is 4.98 Å². The highest BCUT2D eigenvalue weighted by molar-refractivity contribution is 5.93. The highest BCUT2D eigenvalue weighted by atomic mass is 19.1. The second-order valence-electron chi connectivity index (χ2n) is 7.23. The highest BCUT2D eigenvalue weighted by Crippen LogP contribution is 2.43. The summed E-state index contributed by atoms with van der Waals surface area (Å²) in [5.74, 6) is -1.31. The normalized spacial score (nSPS) is 28.4. The molecule has 0 unspecified atom stereocenters. The van der Waals surface area contributed by atoms with Crippen molar-refractivity contribution in [1.82, 2.24) is 9.88 Å². The molecule has 1 aromatic carbocycles. The van der Waals surface area contributed by atoms with Crippen LogP contribution in [0.15, 0.2) is 36.5 Å².